The normalized spacial score (nSPS) is 20.6. The van der Waals surface area contributed by atoms with Gasteiger partial charge in [-0.2, -0.15) is 0 Å². The van der Waals surface area contributed by atoms with E-state index in [1.54, 1.807) is 45.3 Å². The predicted molar refractivity (Wildman–Crippen MR) is 247 cm³/mol. The van der Waals surface area contributed by atoms with E-state index < -0.39 is 53.8 Å². The zero-order valence-corrected chi connectivity index (χ0v) is 37.7. The van der Waals surface area contributed by atoms with Crippen LogP contribution in [0.1, 0.15) is 86.1 Å². The predicted octanol–water partition coefficient (Wildman–Crippen LogP) is 3.22. The van der Waals surface area contributed by atoms with Crippen molar-refractivity contribution in [2.24, 2.45) is 0 Å². The van der Waals surface area contributed by atoms with E-state index in [4.69, 9.17) is 0 Å². The second kappa shape index (κ2) is 24.4. The van der Waals surface area contributed by atoms with Gasteiger partial charge in [-0.25, -0.2) is 0 Å². The van der Waals surface area contributed by atoms with Gasteiger partial charge in [-0.05, 0) is 99.6 Å². The second-order valence-corrected chi connectivity index (χ2v) is 16.1. The Morgan fingerprint density at radius 3 is 1.92 bits per heavy atom. The van der Waals surface area contributed by atoms with Crippen LogP contribution in [0.2, 0.25) is 0 Å². The first-order chi connectivity index (χ1) is 29.6. The topological polar surface area (TPSA) is 169 Å². The Morgan fingerprint density at radius 1 is 0.730 bits per heavy atom. The lowest BCUT2D eigenvalue weighted by molar-refractivity contribution is -0.141. The number of nitrogens with one attached hydrogen (secondary N) is 5. The minimum atomic E-state index is -1.07. The van der Waals surface area contributed by atoms with E-state index in [1.165, 1.54) is 26.5 Å². The maximum atomic E-state index is 14.1. The molecule has 2 aliphatic heterocycles. The molecule has 0 unspecified atom stereocenters. The number of nitrogens with zero attached hydrogens (tertiary/aromatic N) is 2. The van der Waals surface area contributed by atoms with Crippen LogP contribution in [0.4, 0.5) is 0 Å². The molecule has 336 valence electrons. The largest absolute Gasteiger partial charge is 0.347 e. The van der Waals surface area contributed by atoms with Crippen molar-refractivity contribution in [1.82, 2.24) is 36.4 Å². The first-order valence-corrected chi connectivity index (χ1v) is 21.4. The third-order valence-corrected chi connectivity index (χ3v) is 12.0. The van der Waals surface area contributed by atoms with Crippen LogP contribution < -0.4 is 26.6 Å². The van der Waals surface area contributed by atoms with E-state index in [0.29, 0.717) is 6.42 Å². The Hall–Kier alpha value is -5.44. The summed E-state index contributed by atoms with van der Waals surface area (Å²) in [7, 11) is 3.26. The summed E-state index contributed by atoms with van der Waals surface area (Å²) in [5.41, 5.74) is 4.76. The molecule has 0 saturated carbocycles. The molecule has 63 heavy (non-hydrogen) atoms. The van der Waals surface area contributed by atoms with Crippen molar-refractivity contribution in [3.63, 3.8) is 0 Å². The van der Waals surface area contributed by atoms with E-state index in [0.717, 1.165) is 44.1 Å². The first-order valence-electron chi connectivity index (χ1n) is 21.4. The van der Waals surface area contributed by atoms with E-state index in [2.05, 4.69) is 68.5 Å². The quantitative estimate of drug-likeness (QED) is 0.134. The maximum Gasteiger partial charge on any atom is 0.247 e. The van der Waals surface area contributed by atoms with Crippen molar-refractivity contribution in [3.05, 3.63) is 95.1 Å². The number of carbonyl (C=O) groups is 6. The van der Waals surface area contributed by atoms with Gasteiger partial charge in [0.2, 0.25) is 29.5 Å². The standard InChI is InChI=1S/C48H57N7O6.2ClH/c1-32(50-3)45(58)53-40(48(61)55-29-15-27-42(55)46(59)52-38-25-13-19-34-17-9-11-22-37(34)38)24-7-5-4-6-23-39(51-44(57)31-49-2)47(60)54-28-14-26-41(54)43(56)30-35-20-12-18-33-16-8-10-21-36(33)35;;/h8-11,14-17,21-22,26-27,32,35,38-42,49-50H,12-13,18-20,23-25,28-31H2,1-3H3,(H,51,57)(H,52,59)(H,53,58);2*1H/t32-,35-,38+,39-,40-,41-,42-;;/m0../s1. The second-order valence-electron chi connectivity index (χ2n) is 16.1. The molecule has 2 heterocycles. The van der Waals surface area contributed by atoms with Crippen LogP contribution in [0.15, 0.2) is 72.8 Å². The highest BCUT2D eigenvalue weighted by Crippen LogP contribution is 2.35. The summed E-state index contributed by atoms with van der Waals surface area (Å²) in [6, 6.07) is 11.8. The van der Waals surface area contributed by atoms with Crippen LogP contribution in [0.3, 0.4) is 0 Å². The molecule has 0 saturated heterocycles. The minimum absolute atomic E-state index is 0. The number of amides is 5. The molecule has 2 aliphatic carbocycles. The summed E-state index contributed by atoms with van der Waals surface area (Å²) in [6.07, 6.45) is 12.8. The van der Waals surface area contributed by atoms with Gasteiger partial charge in [-0.3, -0.25) is 28.8 Å². The lowest BCUT2D eigenvalue weighted by Crippen LogP contribution is -2.55. The number of likely N-dealkylation sites (N-methyl/N-ethyl adjacent to an activating group) is 2. The van der Waals surface area contributed by atoms with Gasteiger partial charge >= 0.3 is 0 Å². The van der Waals surface area contributed by atoms with Crippen molar-refractivity contribution in [2.45, 2.75) is 107 Å². The van der Waals surface area contributed by atoms with Crippen molar-refractivity contribution in [3.8, 4) is 23.7 Å². The SMILES string of the molecule is CNCC(=O)N[C@@H](CC#CC#CC[C@H](NC(=O)[C@H](C)NC)C(=O)N1CC=C[C@H]1C(=O)N[C@@H]1CCCc2ccccc21)C(=O)N1CC=C[C@H]1C(=O)C[C@@H]1CCCc2ccccc21.Cl.Cl. The van der Waals surface area contributed by atoms with Gasteiger partial charge in [-0.1, -0.05) is 84.7 Å². The van der Waals surface area contributed by atoms with E-state index in [1.807, 2.05) is 30.3 Å². The van der Waals surface area contributed by atoms with Crippen LogP contribution >= 0.6 is 24.8 Å². The number of halogens is 2. The van der Waals surface area contributed by atoms with E-state index in [-0.39, 0.29) is 80.9 Å². The average molecular weight is 901 g/mol. The zero-order chi connectivity index (χ0) is 43.3. The number of ketones is 1. The molecule has 0 aromatic heterocycles. The van der Waals surface area contributed by atoms with E-state index in [9.17, 15) is 28.8 Å². The van der Waals surface area contributed by atoms with Gasteiger partial charge in [0.15, 0.2) is 5.78 Å². The number of aryl methyl sites for hydroxylation is 2. The fourth-order valence-electron chi connectivity index (χ4n) is 8.63. The van der Waals surface area contributed by atoms with Gasteiger partial charge in [0.1, 0.15) is 24.2 Å². The molecule has 0 fully saturated rings. The number of Topliss-reactive ketones (excluding diaryl/α,β-unsaturated/α-hetero) is 1. The smallest absolute Gasteiger partial charge is 0.247 e. The molecule has 7 atom stereocenters. The Morgan fingerprint density at radius 2 is 1.29 bits per heavy atom. The Labute approximate surface area is 383 Å². The summed E-state index contributed by atoms with van der Waals surface area (Å²) < 4.78 is 0. The molecule has 0 bridgehead atoms. The molecular formula is C48H59Cl2N7O6. The van der Waals surface area contributed by atoms with Crippen molar-refractivity contribution in [2.75, 3.05) is 33.7 Å². The fourth-order valence-corrected chi connectivity index (χ4v) is 8.63. The zero-order valence-electron chi connectivity index (χ0n) is 36.1. The molecular weight excluding hydrogens is 841 g/mol. The number of fused-ring (bicyclic) bond motifs is 2. The Balaban J connectivity index is 0.00000436. The monoisotopic (exact) mass is 899 g/mol. The molecule has 0 radical (unpaired) electrons. The summed E-state index contributed by atoms with van der Waals surface area (Å²) in [6.45, 7) is 2.08. The van der Waals surface area contributed by atoms with Crippen LogP contribution in [0.5, 0.6) is 0 Å². The maximum absolute atomic E-state index is 14.1. The van der Waals surface area contributed by atoms with Crippen molar-refractivity contribution >= 4 is 60.1 Å². The van der Waals surface area contributed by atoms with Gasteiger partial charge in [-0.15, -0.1) is 24.8 Å². The molecule has 13 nitrogen and oxygen atoms in total. The number of hydrogen-bond donors (Lipinski definition) is 5. The van der Waals surface area contributed by atoms with Gasteiger partial charge in [0.25, 0.3) is 0 Å². The third-order valence-electron chi connectivity index (χ3n) is 12.0. The lowest BCUT2D eigenvalue weighted by Gasteiger charge is -2.31. The fraction of sp³-hybridized carbons (Fsp3) is 0.458. The molecule has 5 amide bonds. The molecule has 15 heteroatoms. The Bertz CT molecular complexity index is 2170. The molecule has 2 aromatic rings. The summed E-state index contributed by atoms with van der Waals surface area (Å²) in [5.74, 6) is 9.31. The lowest BCUT2D eigenvalue weighted by atomic mass is 9.79. The average Bonchev–Trinajstić information content (AvgIpc) is 3.98. The number of carbonyl (C=O) groups excluding carboxylic acids is 6. The minimum Gasteiger partial charge on any atom is -0.347 e. The third kappa shape index (κ3) is 12.8. The molecule has 4 aliphatic rings. The van der Waals surface area contributed by atoms with E-state index >= 15 is 0 Å². The van der Waals surface area contributed by atoms with Crippen LogP contribution in [-0.4, -0.2) is 109 Å². The van der Waals surface area contributed by atoms with Gasteiger partial charge in [0.05, 0.1) is 18.6 Å². The van der Waals surface area contributed by atoms with Crippen molar-refractivity contribution < 1.29 is 28.8 Å². The highest BCUT2D eigenvalue weighted by atomic mass is 35.5. The van der Waals surface area contributed by atoms with Gasteiger partial charge < -0.3 is 36.4 Å². The first kappa shape index (κ1) is 50.2. The highest BCUT2D eigenvalue weighted by Gasteiger charge is 2.38. The summed E-state index contributed by atoms with van der Waals surface area (Å²) in [4.78, 5) is 84.1. The highest BCUT2D eigenvalue weighted by molar-refractivity contribution is 5.96. The van der Waals surface area contributed by atoms with Crippen molar-refractivity contribution in [1.29, 1.82) is 0 Å². The van der Waals surface area contributed by atoms with Crippen LogP contribution in [-0.2, 0) is 41.6 Å². The molecule has 6 rings (SSSR count). The number of rotatable bonds is 15. The van der Waals surface area contributed by atoms with Crippen LogP contribution in [0.25, 0.3) is 0 Å². The molecule has 2 aromatic carbocycles. The number of hydrogen-bond acceptors (Lipinski definition) is 8. The molecule has 0 spiro atoms. The number of benzene rings is 2. The van der Waals surface area contributed by atoms with Crippen LogP contribution in [0, 0.1) is 23.7 Å². The molecule has 5 N–H and O–H groups in total. The Kier molecular flexibility index (Phi) is 19.5. The summed E-state index contributed by atoms with van der Waals surface area (Å²) in [5, 5.41) is 14.4. The van der Waals surface area contributed by atoms with Gasteiger partial charge in [0, 0.05) is 32.4 Å². The summed E-state index contributed by atoms with van der Waals surface area (Å²) >= 11 is 0.